The van der Waals surface area contributed by atoms with Gasteiger partial charge >= 0.3 is 5.97 Å². The fraction of sp³-hybridized carbons (Fsp3) is 0.333. The number of carboxylic acid groups (broad SMARTS) is 1. The zero-order valence-corrected chi connectivity index (χ0v) is 11.5. The number of rotatable bonds is 4. The summed E-state index contributed by atoms with van der Waals surface area (Å²) in [4.78, 5) is 29.2. The first-order chi connectivity index (χ1) is 10.2. The highest BCUT2D eigenvalue weighted by Crippen LogP contribution is 2.29. The van der Waals surface area contributed by atoms with Crippen molar-refractivity contribution in [1.29, 1.82) is 0 Å². The lowest BCUT2D eigenvalue weighted by molar-refractivity contribution is -0.144. The van der Waals surface area contributed by atoms with E-state index >= 15 is 0 Å². The summed E-state index contributed by atoms with van der Waals surface area (Å²) < 4.78 is 0. The van der Waals surface area contributed by atoms with Crippen LogP contribution in [0.3, 0.4) is 0 Å². The number of fused-ring (bicyclic) bond motifs is 1. The van der Waals surface area contributed by atoms with Gasteiger partial charge in [-0.05, 0) is 6.07 Å². The quantitative estimate of drug-likeness (QED) is 0.825. The summed E-state index contributed by atoms with van der Waals surface area (Å²) >= 11 is 0. The summed E-state index contributed by atoms with van der Waals surface area (Å²) in [7, 11) is 0. The van der Waals surface area contributed by atoms with Crippen molar-refractivity contribution in [2.45, 2.75) is 6.04 Å². The average molecular weight is 287 g/mol. The Balaban J connectivity index is 1.92. The minimum absolute atomic E-state index is 0.565. The monoisotopic (exact) mass is 287 g/mol. The molecule has 6 nitrogen and oxygen atoms in total. The molecule has 0 aliphatic carbocycles. The molecule has 0 radical (unpaired) electrons. The maximum Gasteiger partial charge on any atom is 0.325 e. The largest absolute Gasteiger partial charge is 0.480 e. The molecule has 110 valence electrons. The Bertz CT molecular complexity index is 659. The van der Waals surface area contributed by atoms with Crippen LogP contribution in [-0.2, 0) is 9.59 Å². The van der Waals surface area contributed by atoms with Crippen LogP contribution in [0.15, 0.2) is 30.5 Å². The lowest BCUT2D eigenvalue weighted by atomic mass is 10.0. The van der Waals surface area contributed by atoms with Gasteiger partial charge in [-0.1, -0.05) is 18.2 Å². The highest BCUT2D eigenvalue weighted by molar-refractivity contribution is 5.89. The number of aromatic nitrogens is 1. The van der Waals surface area contributed by atoms with Crippen LogP contribution in [0.5, 0.6) is 0 Å². The predicted molar refractivity (Wildman–Crippen MR) is 77.9 cm³/mol. The van der Waals surface area contributed by atoms with Gasteiger partial charge in [0.25, 0.3) is 0 Å². The fourth-order valence-electron chi connectivity index (χ4n) is 2.91. The molecule has 1 aliphatic rings. The molecule has 1 fully saturated rings. The van der Waals surface area contributed by atoms with Crippen LogP contribution in [0.25, 0.3) is 10.9 Å². The molecular weight excluding hydrogens is 270 g/mol. The minimum Gasteiger partial charge on any atom is -0.480 e. The number of carbonyl (C=O) groups is 2. The Kier molecular flexibility index (Phi) is 3.62. The molecule has 0 saturated carbocycles. The van der Waals surface area contributed by atoms with E-state index in [0.717, 1.165) is 22.9 Å². The van der Waals surface area contributed by atoms with Crippen LogP contribution in [0.2, 0.25) is 0 Å². The van der Waals surface area contributed by atoms with E-state index in [2.05, 4.69) is 4.98 Å². The van der Waals surface area contributed by atoms with Crippen LogP contribution in [-0.4, -0.2) is 58.4 Å². The highest BCUT2D eigenvalue weighted by Gasteiger charge is 2.31. The first-order valence-electron chi connectivity index (χ1n) is 6.93. The molecular formula is C15H17N3O3. The number of nitrogens with zero attached hydrogens (tertiary/aromatic N) is 2. The SMILES string of the molecule is O=CN1CCN([C@@H](C(=O)O)c2c[nH]c3ccccc23)CC1. The van der Waals surface area contributed by atoms with Crippen molar-refractivity contribution in [3.8, 4) is 0 Å². The van der Waals surface area contributed by atoms with Gasteiger partial charge in [0.2, 0.25) is 6.41 Å². The van der Waals surface area contributed by atoms with E-state index in [1.165, 1.54) is 0 Å². The number of carboxylic acids is 1. The second-order valence-electron chi connectivity index (χ2n) is 5.21. The average Bonchev–Trinajstić information content (AvgIpc) is 2.92. The molecule has 1 saturated heterocycles. The number of aliphatic carboxylic acids is 1. The number of H-pyrrole nitrogens is 1. The first-order valence-corrected chi connectivity index (χ1v) is 6.93. The fourth-order valence-corrected chi connectivity index (χ4v) is 2.91. The van der Waals surface area contributed by atoms with Crippen LogP contribution < -0.4 is 0 Å². The second kappa shape index (κ2) is 5.57. The Labute approximate surface area is 122 Å². The summed E-state index contributed by atoms with van der Waals surface area (Å²) in [6.45, 7) is 2.26. The van der Waals surface area contributed by atoms with Crippen molar-refractivity contribution in [1.82, 2.24) is 14.8 Å². The number of carbonyl (C=O) groups excluding carboxylic acids is 1. The van der Waals surface area contributed by atoms with Gasteiger partial charge in [-0.25, -0.2) is 0 Å². The molecule has 1 amide bonds. The Hall–Kier alpha value is -2.34. The summed E-state index contributed by atoms with van der Waals surface area (Å²) in [5, 5.41) is 10.6. The van der Waals surface area contributed by atoms with Crippen molar-refractivity contribution >= 4 is 23.3 Å². The summed E-state index contributed by atoms with van der Waals surface area (Å²) in [6, 6.07) is 7.00. The number of hydrogen-bond donors (Lipinski definition) is 2. The third-order valence-electron chi connectivity index (χ3n) is 4.01. The molecule has 0 spiro atoms. The van der Waals surface area contributed by atoms with E-state index in [4.69, 9.17) is 0 Å². The number of nitrogens with one attached hydrogen (secondary N) is 1. The van der Waals surface area contributed by atoms with Crippen LogP contribution in [0.1, 0.15) is 11.6 Å². The molecule has 2 aromatic rings. The van der Waals surface area contributed by atoms with E-state index in [1.807, 2.05) is 29.2 Å². The van der Waals surface area contributed by atoms with Crippen molar-refractivity contribution in [3.63, 3.8) is 0 Å². The van der Waals surface area contributed by atoms with Crippen LogP contribution >= 0.6 is 0 Å². The molecule has 0 unspecified atom stereocenters. The number of aromatic amines is 1. The number of benzene rings is 1. The van der Waals surface area contributed by atoms with Gasteiger partial charge in [-0.15, -0.1) is 0 Å². The lowest BCUT2D eigenvalue weighted by Crippen LogP contribution is -2.48. The second-order valence-corrected chi connectivity index (χ2v) is 5.21. The number of para-hydroxylation sites is 1. The van der Waals surface area contributed by atoms with Crippen molar-refractivity contribution < 1.29 is 14.7 Å². The van der Waals surface area contributed by atoms with Gasteiger partial charge in [-0.2, -0.15) is 0 Å². The van der Waals surface area contributed by atoms with Gasteiger partial charge < -0.3 is 15.0 Å². The van der Waals surface area contributed by atoms with Crippen molar-refractivity contribution in [3.05, 3.63) is 36.0 Å². The summed E-state index contributed by atoms with van der Waals surface area (Å²) in [6.07, 6.45) is 2.59. The maximum atomic E-state index is 11.8. The van der Waals surface area contributed by atoms with E-state index in [9.17, 15) is 14.7 Å². The van der Waals surface area contributed by atoms with Crippen LogP contribution in [0.4, 0.5) is 0 Å². The zero-order valence-electron chi connectivity index (χ0n) is 11.5. The Morgan fingerprint density at radius 3 is 2.62 bits per heavy atom. The van der Waals surface area contributed by atoms with E-state index in [-0.39, 0.29) is 0 Å². The van der Waals surface area contributed by atoms with Gasteiger partial charge in [0.15, 0.2) is 0 Å². The summed E-state index contributed by atoms with van der Waals surface area (Å²) in [5.74, 6) is -0.862. The van der Waals surface area contributed by atoms with Crippen molar-refractivity contribution in [2.24, 2.45) is 0 Å². The summed E-state index contributed by atoms with van der Waals surface area (Å²) in [5.41, 5.74) is 1.71. The first kappa shape index (κ1) is 13.6. The topological polar surface area (TPSA) is 76.6 Å². The lowest BCUT2D eigenvalue weighted by Gasteiger charge is -2.36. The molecule has 0 bridgehead atoms. The highest BCUT2D eigenvalue weighted by atomic mass is 16.4. The van der Waals surface area contributed by atoms with Gasteiger partial charge in [-0.3, -0.25) is 14.5 Å². The van der Waals surface area contributed by atoms with Gasteiger partial charge in [0.1, 0.15) is 6.04 Å². The number of amides is 1. The smallest absolute Gasteiger partial charge is 0.325 e. The minimum atomic E-state index is -0.862. The third-order valence-corrected chi connectivity index (χ3v) is 4.01. The predicted octanol–water partition coefficient (Wildman–Crippen LogP) is 1.07. The molecule has 1 aromatic carbocycles. The van der Waals surface area contributed by atoms with Crippen LogP contribution in [0, 0.1) is 0 Å². The maximum absolute atomic E-state index is 11.8. The van der Waals surface area contributed by atoms with E-state index in [1.54, 1.807) is 11.1 Å². The molecule has 2 heterocycles. The molecule has 6 heteroatoms. The van der Waals surface area contributed by atoms with Gasteiger partial charge in [0, 0.05) is 48.8 Å². The Morgan fingerprint density at radius 1 is 1.24 bits per heavy atom. The number of hydrogen-bond acceptors (Lipinski definition) is 3. The zero-order chi connectivity index (χ0) is 14.8. The van der Waals surface area contributed by atoms with Gasteiger partial charge in [0.05, 0.1) is 0 Å². The standard InChI is InChI=1S/C15H17N3O3/c19-10-17-5-7-18(8-6-17)14(15(20)21)12-9-16-13-4-2-1-3-11(12)13/h1-4,9-10,14,16H,5-8H2,(H,20,21)/t14-/m1/s1. The van der Waals surface area contributed by atoms with E-state index < -0.39 is 12.0 Å². The Morgan fingerprint density at radius 2 is 1.95 bits per heavy atom. The molecule has 3 rings (SSSR count). The number of piperazine rings is 1. The molecule has 1 aliphatic heterocycles. The van der Waals surface area contributed by atoms with E-state index in [0.29, 0.717) is 26.2 Å². The molecule has 1 atom stereocenters. The van der Waals surface area contributed by atoms with Crippen molar-refractivity contribution in [2.75, 3.05) is 26.2 Å². The molecule has 1 aromatic heterocycles. The molecule has 2 N–H and O–H groups in total. The third kappa shape index (κ3) is 2.50. The molecule has 21 heavy (non-hydrogen) atoms. The normalized spacial score (nSPS) is 17.8.